The third-order valence-electron chi connectivity index (χ3n) is 3.02. The first-order chi connectivity index (χ1) is 7.65. The van der Waals surface area contributed by atoms with E-state index in [9.17, 15) is 0 Å². The molecule has 92 valence electrons. The van der Waals surface area contributed by atoms with E-state index in [1.54, 1.807) is 0 Å². The van der Waals surface area contributed by atoms with Gasteiger partial charge in [0.25, 0.3) is 0 Å². The molecular formula is C13H25N3. The van der Waals surface area contributed by atoms with Crippen LogP contribution in [0.25, 0.3) is 0 Å². The van der Waals surface area contributed by atoms with Crippen LogP contribution in [0.5, 0.6) is 0 Å². The zero-order chi connectivity index (χ0) is 12.0. The lowest BCUT2D eigenvalue weighted by Gasteiger charge is -2.20. The summed E-state index contributed by atoms with van der Waals surface area (Å²) in [6, 6.07) is 4.90. The van der Waals surface area contributed by atoms with E-state index in [4.69, 9.17) is 0 Å². The number of rotatable bonds is 7. The van der Waals surface area contributed by atoms with E-state index in [1.165, 1.54) is 12.1 Å². The molecule has 3 nitrogen and oxygen atoms in total. The Morgan fingerprint density at radius 1 is 1.44 bits per heavy atom. The fraction of sp³-hybridized carbons (Fsp3) is 0.692. The molecule has 0 saturated heterocycles. The molecule has 0 fully saturated rings. The van der Waals surface area contributed by atoms with Gasteiger partial charge in [-0.15, -0.1) is 0 Å². The van der Waals surface area contributed by atoms with Crippen molar-refractivity contribution in [3.63, 3.8) is 0 Å². The molecule has 1 aromatic heterocycles. The Bertz CT molecular complexity index is 291. The Labute approximate surface area is 99.4 Å². The highest BCUT2D eigenvalue weighted by molar-refractivity contribution is 5.06. The summed E-state index contributed by atoms with van der Waals surface area (Å²) in [6.07, 6.45) is 3.35. The van der Waals surface area contributed by atoms with Gasteiger partial charge in [0.15, 0.2) is 0 Å². The van der Waals surface area contributed by atoms with E-state index in [0.29, 0.717) is 6.04 Å². The number of hydrogen-bond acceptors (Lipinski definition) is 2. The molecule has 1 heterocycles. The van der Waals surface area contributed by atoms with Crippen LogP contribution in [0.15, 0.2) is 18.3 Å². The third-order valence-corrected chi connectivity index (χ3v) is 3.02. The molecule has 16 heavy (non-hydrogen) atoms. The standard InChI is InChI=1S/C13H25N3/c1-5-8-16-9-6-7-13(16)11-14-10-12(2)15(3)4/h6-7,9,12,14H,5,8,10-11H2,1-4H3. The monoisotopic (exact) mass is 223 g/mol. The van der Waals surface area contributed by atoms with Crippen molar-refractivity contribution in [3.05, 3.63) is 24.0 Å². The number of nitrogens with one attached hydrogen (secondary N) is 1. The molecule has 0 radical (unpaired) electrons. The minimum absolute atomic E-state index is 0.578. The molecule has 0 saturated carbocycles. The van der Waals surface area contributed by atoms with Crippen molar-refractivity contribution in [3.8, 4) is 0 Å². The van der Waals surface area contributed by atoms with Gasteiger partial charge < -0.3 is 14.8 Å². The van der Waals surface area contributed by atoms with Crippen LogP contribution in [-0.2, 0) is 13.1 Å². The second kappa shape index (κ2) is 6.71. The first-order valence-electron chi connectivity index (χ1n) is 6.16. The first kappa shape index (κ1) is 13.3. The average molecular weight is 223 g/mol. The van der Waals surface area contributed by atoms with Crippen molar-refractivity contribution < 1.29 is 0 Å². The second-order valence-electron chi connectivity index (χ2n) is 4.64. The maximum Gasteiger partial charge on any atom is 0.0359 e. The van der Waals surface area contributed by atoms with Gasteiger partial charge in [-0.2, -0.15) is 0 Å². The van der Waals surface area contributed by atoms with E-state index in [0.717, 1.165) is 19.6 Å². The van der Waals surface area contributed by atoms with Gasteiger partial charge in [0.2, 0.25) is 0 Å². The van der Waals surface area contributed by atoms with Crippen LogP contribution in [0, 0.1) is 0 Å². The average Bonchev–Trinajstić information content (AvgIpc) is 2.66. The molecule has 0 aromatic carbocycles. The zero-order valence-corrected chi connectivity index (χ0v) is 11.0. The molecule has 0 aliphatic heterocycles. The smallest absolute Gasteiger partial charge is 0.0359 e. The van der Waals surface area contributed by atoms with Crippen LogP contribution in [0.4, 0.5) is 0 Å². The minimum atomic E-state index is 0.578. The van der Waals surface area contributed by atoms with Crippen LogP contribution in [0.2, 0.25) is 0 Å². The van der Waals surface area contributed by atoms with Crippen molar-refractivity contribution in [1.82, 2.24) is 14.8 Å². The number of aromatic nitrogens is 1. The SMILES string of the molecule is CCCn1cccc1CNCC(C)N(C)C. The van der Waals surface area contributed by atoms with Crippen molar-refractivity contribution in [2.24, 2.45) is 0 Å². The number of aryl methyl sites for hydroxylation is 1. The number of hydrogen-bond donors (Lipinski definition) is 1. The summed E-state index contributed by atoms with van der Waals surface area (Å²) < 4.78 is 2.33. The van der Waals surface area contributed by atoms with E-state index in [-0.39, 0.29) is 0 Å². The van der Waals surface area contributed by atoms with E-state index >= 15 is 0 Å². The van der Waals surface area contributed by atoms with Gasteiger partial charge in [0, 0.05) is 37.6 Å². The number of likely N-dealkylation sites (N-methyl/N-ethyl adjacent to an activating group) is 1. The molecule has 1 N–H and O–H groups in total. The van der Waals surface area contributed by atoms with Gasteiger partial charge in [-0.05, 0) is 39.6 Å². The molecular weight excluding hydrogens is 198 g/mol. The second-order valence-corrected chi connectivity index (χ2v) is 4.64. The summed E-state index contributed by atoms with van der Waals surface area (Å²) in [5, 5.41) is 3.51. The Balaban J connectivity index is 2.34. The van der Waals surface area contributed by atoms with Gasteiger partial charge in [0.05, 0.1) is 0 Å². The Hall–Kier alpha value is -0.800. The first-order valence-corrected chi connectivity index (χ1v) is 6.16. The van der Waals surface area contributed by atoms with E-state index < -0.39 is 0 Å². The van der Waals surface area contributed by atoms with Gasteiger partial charge in [0.1, 0.15) is 0 Å². The molecule has 0 amide bonds. The Morgan fingerprint density at radius 2 is 2.19 bits per heavy atom. The summed E-state index contributed by atoms with van der Waals surface area (Å²) in [5.74, 6) is 0. The predicted octanol–water partition coefficient (Wildman–Crippen LogP) is 1.94. The highest BCUT2D eigenvalue weighted by Gasteiger charge is 2.04. The molecule has 1 unspecified atom stereocenters. The van der Waals surface area contributed by atoms with Crippen LogP contribution >= 0.6 is 0 Å². The summed E-state index contributed by atoms with van der Waals surface area (Å²) in [5.41, 5.74) is 1.38. The van der Waals surface area contributed by atoms with Gasteiger partial charge in [-0.1, -0.05) is 6.92 Å². The summed E-state index contributed by atoms with van der Waals surface area (Å²) >= 11 is 0. The Kier molecular flexibility index (Phi) is 5.56. The third kappa shape index (κ3) is 3.99. The molecule has 0 aliphatic rings. The molecule has 0 bridgehead atoms. The van der Waals surface area contributed by atoms with Gasteiger partial charge in [-0.3, -0.25) is 0 Å². The normalized spacial score (nSPS) is 13.3. The molecule has 0 spiro atoms. The fourth-order valence-electron chi connectivity index (χ4n) is 1.66. The quantitative estimate of drug-likeness (QED) is 0.762. The molecule has 0 aliphatic carbocycles. The maximum absolute atomic E-state index is 3.51. The lowest BCUT2D eigenvalue weighted by Crippen LogP contribution is -2.35. The molecule has 1 aromatic rings. The van der Waals surface area contributed by atoms with E-state index in [2.05, 4.69) is 61.1 Å². The lowest BCUT2D eigenvalue weighted by atomic mass is 10.3. The van der Waals surface area contributed by atoms with E-state index in [1.807, 2.05) is 0 Å². The van der Waals surface area contributed by atoms with Crippen molar-refractivity contribution in [1.29, 1.82) is 0 Å². The predicted molar refractivity (Wildman–Crippen MR) is 69.6 cm³/mol. The van der Waals surface area contributed by atoms with Crippen molar-refractivity contribution in [2.45, 2.75) is 39.4 Å². The van der Waals surface area contributed by atoms with Crippen molar-refractivity contribution in [2.75, 3.05) is 20.6 Å². The summed E-state index contributed by atoms with van der Waals surface area (Å²) in [4.78, 5) is 2.23. The van der Waals surface area contributed by atoms with Crippen molar-refractivity contribution >= 4 is 0 Å². The maximum atomic E-state index is 3.51. The van der Waals surface area contributed by atoms with Gasteiger partial charge >= 0.3 is 0 Å². The molecule has 1 atom stereocenters. The number of nitrogens with zero attached hydrogens (tertiary/aromatic N) is 2. The minimum Gasteiger partial charge on any atom is -0.350 e. The van der Waals surface area contributed by atoms with Crippen LogP contribution < -0.4 is 5.32 Å². The van der Waals surface area contributed by atoms with Crippen LogP contribution in [-0.4, -0.2) is 36.1 Å². The summed E-state index contributed by atoms with van der Waals surface area (Å²) in [6.45, 7) is 7.56. The summed E-state index contributed by atoms with van der Waals surface area (Å²) in [7, 11) is 4.23. The topological polar surface area (TPSA) is 20.2 Å². The molecule has 3 heteroatoms. The largest absolute Gasteiger partial charge is 0.350 e. The zero-order valence-electron chi connectivity index (χ0n) is 11.0. The van der Waals surface area contributed by atoms with Crippen LogP contribution in [0.3, 0.4) is 0 Å². The van der Waals surface area contributed by atoms with Gasteiger partial charge in [-0.25, -0.2) is 0 Å². The van der Waals surface area contributed by atoms with Crippen LogP contribution in [0.1, 0.15) is 26.0 Å². The molecule has 1 rings (SSSR count). The highest BCUT2D eigenvalue weighted by atomic mass is 15.1. The Morgan fingerprint density at radius 3 is 2.81 bits per heavy atom. The lowest BCUT2D eigenvalue weighted by molar-refractivity contribution is 0.302. The highest BCUT2D eigenvalue weighted by Crippen LogP contribution is 2.03. The fourth-order valence-corrected chi connectivity index (χ4v) is 1.66.